The number of amides is 2. The van der Waals surface area contributed by atoms with Gasteiger partial charge in [-0.15, -0.1) is 11.6 Å². The summed E-state index contributed by atoms with van der Waals surface area (Å²) in [5, 5.41) is 0.911. The highest BCUT2D eigenvalue weighted by Crippen LogP contribution is 2.25. The van der Waals surface area contributed by atoms with Crippen LogP contribution >= 0.6 is 0 Å². The second-order valence-electron chi connectivity index (χ2n) is 5.19. The predicted molar refractivity (Wildman–Crippen MR) is 85.3 cm³/mol. The van der Waals surface area contributed by atoms with Gasteiger partial charge >= 0.3 is 0 Å². The second kappa shape index (κ2) is 7.71. The molecule has 0 fully saturated rings. The number of rotatable bonds is 8. The van der Waals surface area contributed by atoms with Crippen LogP contribution < -0.4 is 0 Å². The molecule has 0 saturated carbocycles. The maximum atomic E-state index is 12.3. The van der Waals surface area contributed by atoms with E-state index in [1.807, 2.05) is 25.2 Å². The van der Waals surface area contributed by atoms with Gasteiger partial charge in [0.2, 0.25) is 0 Å². The predicted octanol–water partition coefficient (Wildman–Crippen LogP) is 3.91. The van der Waals surface area contributed by atoms with E-state index in [4.69, 9.17) is 4.84 Å². The molecule has 4 heteroatoms. The molecule has 116 valence electrons. The SMILES string of the molecule is C=CCCC(CC/C=C/C)ON1C(=O)c2ccccc2C1=O. The molecule has 0 aromatic heterocycles. The Labute approximate surface area is 131 Å². The van der Waals surface area contributed by atoms with Crippen molar-refractivity contribution in [2.75, 3.05) is 0 Å². The number of imide groups is 1. The van der Waals surface area contributed by atoms with Gasteiger partial charge < -0.3 is 0 Å². The number of hydroxylamine groups is 2. The zero-order chi connectivity index (χ0) is 15.9. The van der Waals surface area contributed by atoms with E-state index in [-0.39, 0.29) is 17.9 Å². The Morgan fingerprint density at radius 1 is 1.14 bits per heavy atom. The van der Waals surface area contributed by atoms with Gasteiger partial charge in [-0.05, 0) is 44.7 Å². The third-order valence-electron chi connectivity index (χ3n) is 3.60. The number of fused-ring (bicyclic) bond motifs is 1. The first-order valence-electron chi connectivity index (χ1n) is 7.55. The highest BCUT2D eigenvalue weighted by atomic mass is 16.7. The van der Waals surface area contributed by atoms with E-state index in [1.165, 1.54) is 0 Å². The lowest BCUT2D eigenvalue weighted by Crippen LogP contribution is -2.34. The van der Waals surface area contributed by atoms with E-state index >= 15 is 0 Å². The molecule has 1 heterocycles. The largest absolute Gasteiger partial charge is 0.285 e. The van der Waals surface area contributed by atoms with Gasteiger partial charge in [0, 0.05) is 0 Å². The highest BCUT2D eigenvalue weighted by molar-refractivity contribution is 6.20. The van der Waals surface area contributed by atoms with Crippen molar-refractivity contribution in [2.45, 2.75) is 38.7 Å². The van der Waals surface area contributed by atoms with Crippen molar-refractivity contribution in [2.24, 2.45) is 0 Å². The van der Waals surface area contributed by atoms with Crippen molar-refractivity contribution in [1.29, 1.82) is 0 Å². The lowest BCUT2D eigenvalue weighted by Gasteiger charge is -2.21. The molecule has 2 rings (SSSR count). The van der Waals surface area contributed by atoms with E-state index in [0.29, 0.717) is 11.1 Å². The Hall–Kier alpha value is -2.20. The zero-order valence-corrected chi connectivity index (χ0v) is 12.8. The van der Waals surface area contributed by atoms with Crippen molar-refractivity contribution in [3.63, 3.8) is 0 Å². The summed E-state index contributed by atoms with van der Waals surface area (Å²) in [6.07, 6.45) is 8.77. The van der Waals surface area contributed by atoms with Gasteiger partial charge in [-0.1, -0.05) is 30.4 Å². The molecule has 2 amide bonds. The van der Waals surface area contributed by atoms with Crippen LogP contribution in [0.2, 0.25) is 0 Å². The van der Waals surface area contributed by atoms with Gasteiger partial charge in [0.25, 0.3) is 11.8 Å². The van der Waals surface area contributed by atoms with Gasteiger partial charge in [-0.3, -0.25) is 14.4 Å². The average molecular weight is 299 g/mol. The topological polar surface area (TPSA) is 46.6 Å². The van der Waals surface area contributed by atoms with Crippen LogP contribution in [0, 0.1) is 0 Å². The molecule has 1 aromatic rings. The molecule has 0 aliphatic carbocycles. The van der Waals surface area contributed by atoms with Crippen molar-refractivity contribution < 1.29 is 14.4 Å². The van der Waals surface area contributed by atoms with E-state index in [9.17, 15) is 9.59 Å². The Balaban J connectivity index is 2.08. The molecule has 1 atom stereocenters. The fourth-order valence-corrected chi connectivity index (χ4v) is 2.41. The number of benzene rings is 1. The Kier molecular flexibility index (Phi) is 5.67. The van der Waals surface area contributed by atoms with Crippen LogP contribution in [0.25, 0.3) is 0 Å². The zero-order valence-electron chi connectivity index (χ0n) is 12.8. The first-order chi connectivity index (χ1) is 10.7. The number of carbonyl (C=O) groups is 2. The highest BCUT2D eigenvalue weighted by Gasteiger charge is 2.37. The maximum Gasteiger partial charge on any atom is 0.285 e. The summed E-state index contributed by atoms with van der Waals surface area (Å²) in [6.45, 7) is 5.67. The van der Waals surface area contributed by atoms with Crippen LogP contribution in [0.3, 0.4) is 0 Å². The van der Waals surface area contributed by atoms with E-state index in [0.717, 1.165) is 30.7 Å². The van der Waals surface area contributed by atoms with Gasteiger partial charge in [0.05, 0.1) is 17.2 Å². The minimum atomic E-state index is -0.379. The van der Waals surface area contributed by atoms with Crippen LogP contribution in [0.4, 0.5) is 0 Å². The standard InChI is InChI=1S/C18H21NO3/c1-3-5-7-11-14(10-6-4-2)22-19-17(20)15-12-8-9-13-16(15)18(19)21/h3-5,8-9,12-14H,2,6-7,10-11H2,1H3/b5-3+. The Morgan fingerprint density at radius 2 is 1.73 bits per heavy atom. The lowest BCUT2D eigenvalue weighted by molar-refractivity contribution is -0.135. The maximum absolute atomic E-state index is 12.3. The molecule has 1 aromatic carbocycles. The van der Waals surface area contributed by atoms with Crippen LogP contribution in [0.5, 0.6) is 0 Å². The first kappa shape index (κ1) is 16.2. The first-order valence-corrected chi connectivity index (χ1v) is 7.55. The molecule has 0 N–H and O–H groups in total. The van der Waals surface area contributed by atoms with Crippen molar-refractivity contribution in [1.82, 2.24) is 5.06 Å². The third-order valence-corrected chi connectivity index (χ3v) is 3.60. The van der Waals surface area contributed by atoms with E-state index in [2.05, 4.69) is 6.58 Å². The quantitative estimate of drug-likeness (QED) is 0.540. The second-order valence-corrected chi connectivity index (χ2v) is 5.19. The summed E-state index contributed by atoms with van der Waals surface area (Å²) in [5.41, 5.74) is 0.812. The monoisotopic (exact) mass is 299 g/mol. The van der Waals surface area contributed by atoms with Crippen LogP contribution in [-0.2, 0) is 4.84 Å². The fourth-order valence-electron chi connectivity index (χ4n) is 2.41. The molecular weight excluding hydrogens is 278 g/mol. The molecule has 1 aliphatic heterocycles. The van der Waals surface area contributed by atoms with Gasteiger partial charge in [-0.25, -0.2) is 0 Å². The molecule has 0 spiro atoms. The van der Waals surface area contributed by atoms with Crippen LogP contribution in [-0.4, -0.2) is 23.0 Å². The molecule has 0 bridgehead atoms. The molecule has 1 aliphatic rings. The summed E-state index contributed by atoms with van der Waals surface area (Å²) >= 11 is 0. The molecule has 4 nitrogen and oxygen atoms in total. The fraction of sp³-hybridized carbons (Fsp3) is 0.333. The Morgan fingerprint density at radius 3 is 2.27 bits per heavy atom. The van der Waals surface area contributed by atoms with Crippen molar-refractivity contribution >= 4 is 11.8 Å². The molecule has 0 radical (unpaired) electrons. The minimum Gasteiger partial charge on any atom is -0.266 e. The number of nitrogens with zero attached hydrogens (tertiary/aromatic N) is 1. The van der Waals surface area contributed by atoms with Gasteiger partial charge in [0.1, 0.15) is 0 Å². The number of hydrogen-bond acceptors (Lipinski definition) is 3. The summed E-state index contributed by atoms with van der Waals surface area (Å²) in [6, 6.07) is 6.79. The van der Waals surface area contributed by atoms with Crippen molar-refractivity contribution in [3.05, 3.63) is 60.2 Å². The number of hydrogen-bond donors (Lipinski definition) is 0. The minimum absolute atomic E-state index is 0.184. The smallest absolute Gasteiger partial charge is 0.266 e. The summed E-state index contributed by atoms with van der Waals surface area (Å²) < 4.78 is 0. The Bertz CT molecular complexity index is 557. The third kappa shape index (κ3) is 3.52. The molecule has 1 unspecified atom stereocenters. The summed E-state index contributed by atoms with van der Waals surface area (Å²) in [7, 11) is 0. The van der Waals surface area contributed by atoms with Gasteiger partial charge in [-0.2, -0.15) is 0 Å². The normalized spacial score (nSPS) is 15.4. The summed E-state index contributed by atoms with van der Waals surface area (Å²) in [4.78, 5) is 30.3. The molecule has 0 saturated heterocycles. The van der Waals surface area contributed by atoms with E-state index in [1.54, 1.807) is 24.3 Å². The van der Waals surface area contributed by atoms with Gasteiger partial charge in [0.15, 0.2) is 0 Å². The summed E-state index contributed by atoms with van der Waals surface area (Å²) in [5.74, 6) is -0.759. The molecular formula is C18H21NO3. The van der Waals surface area contributed by atoms with Crippen molar-refractivity contribution in [3.8, 4) is 0 Å². The van der Waals surface area contributed by atoms with Crippen LogP contribution in [0.1, 0.15) is 53.3 Å². The van der Waals surface area contributed by atoms with E-state index < -0.39 is 0 Å². The average Bonchev–Trinajstić information content (AvgIpc) is 2.78. The number of carbonyl (C=O) groups excluding carboxylic acids is 2. The lowest BCUT2D eigenvalue weighted by atomic mass is 10.1. The van der Waals surface area contributed by atoms with Crippen LogP contribution in [0.15, 0.2) is 49.1 Å². The molecule has 22 heavy (non-hydrogen) atoms. The number of allylic oxidation sites excluding steroid dienone is 3.